The summed E-state index contributed by atoms with van der Waals surface area (Å²) in [5.74, 6) is -1.10. The molecular weight excluding hydrogens is 360 g/mol. The van der Waals surface area contributed by atoms with Crippen molar-refractivity contribution in [1.82, 2.24) is 0 Å². The molecule has 0 unspecified atom stereocenters. The second-order valence-corrected chi connectivity index (χ2v) is 6.86. The molecular formula is C21H22N2O5. The lowest BCUT2D eigenvalue weighted by Gasteiger charge is -2.25. The van der Waals surface area contributed by atoms with Crippen LogP contribution in [0.5, 0.6) is 11.5 Å². The Bertz CT molecular complexity index is 871. The number of primary amides is 1. The number of aliphatic carboxylic acids is 1. The zero-order valence-corrected chi connectivity index (χ0v) is 15.3. The first-order chi connectivity index (χ1) is 13.4. The van der Waals surface area contributed by atoms with Gasteiger partial charge in [0.15, 0.2) is 0 Å². The Kier molecular flexibility index (Phi) is 5.93. The van der Waals surface area contributed by atoms with Crippen molar-refractivity contribution in [1.29, 1.82) is 0 Å². The van der Waals surface area contributed by atoms with E-state index in [1.54, 1.807) is 48.5 Å². The Hall–Kier alpha value is -3.35. The van der Waals surface area contributed by atoms with E-state index in [1.165, 1.54) is 0 Å². The Labute approximate surface area is 162 Å². The van der Waals surface area contributed by atoms with E-state index >= 15 is 0 Å². The SMILES string of the molecule is NC(=O)c1ccccc1Oc1ccc(NC(=O)C2CCC(C(=O)O)CC2)cc1. The van der Waals surface area contributed by atoms with E-state index in [4.69, 9.17) is 15.6 Å². The van der Waals surface area contributed by atoms with Crippen molar-refractivity contribution in [2.45, 2.75) is 25.7 Å². The van der Waals surface area contributed by atoms with Gasteiger partial charge in [0.1, 0.15) is 11.5 Å². The maximum atomic E-state index is 12.4. The van der Waals surface area contributed by atoms with Crippen LogP contribution in [0.15, 0.2) is 48.5 Å². The summed E-state index contributed by atoms with van der Waals surface area (Å²) in [5.41, 5.74) is 6.26. The minimum Gasteiger partial charge on any atom is -0.481 e. The molecule has 3 rings (SSSR count). The van der Waals surface area contributed by atoms with Crippen molar-refractivity contribution in [2.24, 2.45) is 17.6 Å². The summed E-state index contributed by atoms with van der Waals surface area (Å²) in [6.45, 7) is 0. The number of amides is 2. The molecule has 1 fully saturated rings. The fraction of sp³-hybridized carbons (Fsp3) is 0.286. The highest BCUT2D eigenvalue weighted by Crippen LogP contribution is 2.30. The van der Waals surface area contributed by atoms with Gasteiger partial charge in [0.05, 0.1) is 11.5 Å². The lowest BCUT2D eigenvalue weighted by molar-refractivity contribution is -0.143. The monoisotopic (exact) mass is 382 g/mol. The molecule has 1 saturated carbocycles. The molecule has 0 aliphatic heterocycles. The normalized spacial score (nSPS) is 18.9. The van der Waals surface area contributed by atoms with Crippen molar-refractivity contribution in [2.75, 3.05) is 5.32 Å². The minimum absolute atomic E-state index is 0.100. The predicted octanol–water partition coefficient (Wildman–Crippen LogP) is 3.41. The van der Waals surface area contributed by atoms with E-state index < -0.39 is 11.9 Å². The highest BCUT2D eigenvalue weighted by atomic mass is 16.5. The van der Waals surface area contributed by atoms with Crippen LogP contribution in [0.3, 0.4) is 0 Å². The number of hydrogen-bond donors (Lipinski definition) is 3. The Balaban J connectivity index is 1.58. The molecule has 146 valence electrons. The zero-order chi connectivity index (χ0) is 20.1. The van der Waals surface area contributed by atoms with Crippen LogP contribution in [0.4, 0.5) is 5.69 Å². The van der Waals surface area contributed by atoms with E-state index in [2.05, 4.69) is 5.32 Å². The molecule has 0 bridgehead atoms. The van der Waals surface area contributed by atoms with Crippen LogP contribution in [0, 0.1) is 11.8 Å². The predicted molar refractivity (Wildman–Crippen MR) is 103 cm³/mol. The van der Waals surface area contributed by atoms with Crippen LogP contribution in [0.2, 0.25) is 0 Å². The number of carboxylic acids is 1. The number of hydrogen-bond acceptors (Lipinski definition) is 4. The van der Waals surface area contributed by atoms with Crippen LogP contribution < -0.4 is 15.8 Å². The Morgan fingerprint density at radius 2 is 1.54 bits per heavy atom. The van der Waals surface area contributed by atoms with E-state index in [0.29, 0.717) is 42.9 Å². The molecule has 0 spiro atoms. The summed E-state index contributed by atoms with van der Waals surface area (Å²) < 4.78 is 5.71. The number of nitrogens with two attached hydrogens (primary N) is 1. The Morgan fingerprint density at radius 1 is 0.929 bits per heavy atom. The highest BCUT2D eigenvalue weighted by Gasteiger charge is 2.29. The minimum atomic E-state index is -0.785. The van der Waals surface area contributed by atoms with E-state index in [0.717, 1.165) is 0 Å². The molecule has 2 amide bonds. The average molecular weight is 382 g/mol. The quantitative estimate of drug-likeness (QED) is 0.707. The third-order valence-electron chi connectivity index (χ3n) is 4.95. The summed E-state index contributed by atoms with van der Waals surface area (Å²) in [5, 5.41) is 11.9. The molecule has 4 N–H and O–H groups in total. The summed E-state index contributed by atoms with van der Waals surface area (Å²) in [6.07, 6.45) is 2.21. The fourth-order valence-electron chi connectivity index (χ4n) is 3.34. The standard InChI is InChI=1S/C21H22N2O5/c22-19(24)17-3-1-2-4-18(17)28-16-11-9-15(10-12-16)23-20(25)13-5-7-14(8-6-13)21(26)27/h1-4,9-14H,5-8H2,(H2,22,24)(H,23,25)(H,26,27). The van der Waals surface area contributed by atoms with Gasteiger partial charge < -0.3 is 20.9 Å². The number of carboxylic acid groups (broad SMARTS) is 1. The number of benzene rings is 2. The van der Waals surface area contributed by atoms with Crippen molar-refractivity contribution >= 4 is 23.5 Å². The first kappa shape index (κ1) is 19.4. The van der Waals surface area contributed by atoms with Crippen LogP contribution in [-0.4, -0.2) is 22.9 Å². The largest absolute Gasteiger partial charge is 0.481 e. The van der Waals surface area contributed by atoms with E-state index in [-0.39, 0.29) is 23.3 Å². The fourth-order valence-corrected chi connectivity index (χ4v) is 3.34. The molecule has 1 aliphatic carbocycles. The third-order valence-corrected chi connectivity index (χ3v) is 4.95. The first-order valence-electron chi connectivity index (χ1n) is 9.14. The number of carbonyl (C=O) groups excluding carboxylic acids is 2. The van der Waals surface area contributed by atoms with Crippen LogP contribution in [0.1, 0.15) is 36.0 Å². The number of carbonyl (C=O) groups is 3. The molecule has 7 heteroatoms. The van der Waals surface area contributed by atoms with Crippen LogP contribution in [0.25, 0.3) is 0 Å². The number of para-hydroxylation sites is 1. The lowest BCUT2D eigenvalue weighted by Crippen LogP contribution is -2.29. The molecule has 28 heavy (non-hydrogen) atoms. The topological polar surface area (TPSA) is 119 Å². The molecule has 2 aromatic carbocycles. The number of rotatable bonds is 6. The third kappa shape index (κ3) is 4.68. The zero-order valence-electron chi connectivity index (χ0n) is 15.3. The summed E-state index contributed by atoms with van der Waals surface area (Å²) in [6, 6.07) is 13.5. The van der Waals surface area contributed by atoms with Gasteiger partial charge >= 0.3 is 5.97 Å². The van der Waals surface area contributed by atoms with Gasteiger partial charge in [-0.25, -0.2) is 0 Å². The van der Waals surface area contributed by atoms with Gasteiger partial charge in [0.25, 0.3) is 5.91 Å². The van der Waals surface area contributed by atoms with Gasteiger partial charge in [-0.3, -0.25) is 14.4 Å². The molecule has 0 heterocycles. The molecule has 2 aromatic rings. The summed E-state index contributed by atoms with van der Waals surface area (Å²) in [7, 11) is 0. The van der Waals surface area contributed by atoms with Gasteiger partial charge in [-0.2, -0.15) is 0 Å². The van der Waals surface area contributed by atoms with Gasteiger partial charge in [-0.15, -0.1) is 0 Å². The molecule has 0 radical (unpaired) electrons. The average Bonchev–Trinajstić information content (AvgIpc) is 2.69. The molecule has 7 nitrogen and oxygen atoms in total. The van der Waals surface area contributed by atoms with Crippen LogP contribution in [-0.2, 0) is 9.59 Å². The van der Waals surface area contributed by atoms with Gasteiger partial charge in [-0.1, -0.05) is 12.1 Å². The second-order valence-electron chi connectivity index (χ2n) is 6.86. The van der Waals surface area contributed by atoms with Gasteiger partial charge in [0, 0.05) is 11.6 Å². The Morgan fingerprint density at radius 3 is 2.14 bits per heavy atom. The van der Waals surface area contributed by atoms with Gasteiger partial charge in [0.2, 0.25) is 5.91 Å². The summed E-state index contributed by atoms with van der Waals surface area (Å²) in [4.78, 5) is 34.9. The smallest absolute Gasteiger partial charge is 0.306 e. The number of anilines is 1. The lowest BCUT2D eigenvalue weighted by atomic mass is 9.81. The molecule has 0 atom stereocenters. The van der Waals surface area contributed by atoms with Crippen molar-refractivity contribution in [3.05, 3.63) is 54.1 Å². The maximum Gasteiger partial charge on any atom is 0.306 e. The molecule has 1 aliphatic rings. The highest BCUT2D eigenvalue weighted by molar-refractivity contribution is 5.95. The van der Waals surface area contributed by atoms with E-state index in [9.17, 15) is 14.4 Å². The number of ether oxygens (including phenoxy) is 1. The van der Waals surface area contributed by atoms with Crippen LogP contribution >= 0.6 is 0 Å². The first-order valence-corrected chi connectivity index (χ1v) is 9.14. The van der Waals surface area contributed by atoms with Crippen molar-refractivity contribution in [3.63, 3.8) is 0 Å². The molecule has 0 saturated heterocycles. The second kappa shape index (κ2) is 8.56. The molecule has 0 aromatic heterocycles. The maximum absolute atomic E-state index is 12.4. The summed E-state index contributed by atoms with van der Waals surface area (Å²) >= 11 is 0. The van der Waals surface area contributed by atoms with E-state index in [1.807, 2.05) is 0 Å². The number of nitrogens with one attached hydrogen (secondary N) is 1. The van der Waals surface area contributed by atoms with Gasteiger partial charge in [-0.05, 0) is 62.1 Å². The van der Waals surface area contributed by atoms with Crippen molar-refractivity contribution in [3.8, 4) is 11.5 Å². The van der Waals surface area contributed by atoms with Crippen molar-refractivity contribution < 1.29 is 24.2 Å².